The minimum Gasteiger partial charge on any atom is -0.490 e. The van der Waals surface area contributed by atoms with E-state index < -0.39 is 34.9 Å². The van der Waals surface area contributed by atoms with E-state index in [0.717, 1.165) is 12.1 Å². The molecule has 0 amide bonds. The number of rotatable bonds is 3. The number of fused-ring (bicyclic) bond motifs is 9. The lowest BCUT2D eigenvalue weighted by atomic mass is 9.92. The highest BCUT2D eigenvalue weighted by Crippen LogP contribution is 2.38. The quantitative estimate of drug-likeness (QED) is 0.346. The normalized spacial score (nSPS) is 23.0. The summed E-state index contributed by atoms with van der Waals surface area (Å²) in [6.45, 7) is 12.5. The Morgan fingerprint density at radius 2 is 1.89 bits per heavy atom. The average molecular weight is 629 g/mol. The molecular formula is C33H42F2N4O6. The Kier molecular flexibility index (Phi) is 9.48. The summed E-state index contributed by atoms with van der Waals surface area (Å²) < 4.78 is 54.9. The molecular weight excluding hydrogens is 586 g/mol. The molecule has 0 aliphatic carbocycles. The van der Waals surface area contributed by atoms with Gasteiger partial charge >= 0.3 is 5.97 Å². The van der Waals surface area contributed by atoms with Gasteiger partial charge in [0.2, 0.25) is 0 Å². The van der Waals surface area contributed by atoms with E-state index in [1.165, 1.54) is 0 Å². The van der Waals surface area contributed by atoms with Crippen molar-refractivity contribution in [1.82, 2.24) is 14.6 Å². The van der Waals surface area contributed by atoms with Gasteiger partial charge < -0.3 is 29.0 Å². The number of hydrogen-bond donors (Lipinski definition) is 1. The summed E-state index contributed by atoms with van der Waals surface area (Å²) in [5, 5.41) is 15.1. The van der Waals surface area contributed by atoms with Crippen molar-refractivity contribution >= 4 is 17.4 Å². The Balaban J connectivity index is 1.58. The van der Waals surface area contributed by atoms with Crippen LogP contribution in [0.2, 0.25) is 0 Å². The SMILES string of the molecule is Cc1nc2cc3nn2c(c1[C@H](OC(C)(C)C)C(=O)O)N1CCC(C)(CC1)OC/C=C\C[C@H](C)Oc1cc(F)cc(F)c1COC3. The smallest absolute Gasteiger partial charge is 0.337 e. The molecule has 1 saturated heterocycles. The molecule has 45 heavy (non-hydrogen) atoms. The molecule has 244 valence electrons. The van der Waals surface area contributed by atoms with Crippen molar-refractivity contribution in [3.63, 3.8) is 0 Å². The molecule has 0 radical (unpaired) electrons. The first kappa shape index (κ1) is 32.8. The average Bonchev–Trinajstić information content (AvgIpc) is 3.34. The molecule has 1 aromatic carbocycles. The zero-order valence-electron chi connectivity index (χ0n) is 26.7. The third-order valence-corrected chi connectivity index (χ3v) is 8.04. The van der Waals surface area contributed by atoms with Crippen LogP contribution in [0.25, 0.3) is 5.65 Å². The van der Waals surface area contributed by atoms with Crippen molar-refractivity contribution in [3.05, 3.63) is 64.5 Å². The number of aromatic nitrogens is 3. The van der Waals surface area contributed by atoms with Crippen LogP contribution in [0.5, 0.6) is 5.75 Å². The molecule has 1 fully saturated rings. The van der Waals surface area contributed by atoms with Crippen LogP contribution in [0.4, 0.5) is 14.6 Å². The molecule has 2 atom stereocenters. The fourth-order valence-electron chi connectivity index (χ4n) is 5.72. The van der Waals surface area contributed by atoms with Crippen molar-refractivity contribution in [2.75, 3.05) is 24.6 Å². The maximum absolute atomic E-state index is 14.9. The van der Waals surface area contributed by atoms with E-state index in [2.05, 4.69) is 11.8 Å². The Bertz CT molecular complexity index is 1580. The molecule has 3 aliphatic rings. The van der Waals surface area contributed by atoms with Crippen LogP contribution in [-0.4, -0.2) is 62.7 Å². The predicted octanol–water partition coefficient (Wildman–Crippen LogP) is 6.08. The minimum atomic E-state index is -1.29. The lowest BCUT2D eigenvalue weighted by Crippen LogP contribution is -2.45. The first-order valence-corrected chi connectivity index (χ1v) is 15.3. The van der Waals surface area contributed by atoms with Crippen LogP contribution in [0.1, 0.15) is 82.5 Å². The van der Waals surface area contributed by atoms with Crippen LogP contribution in [0.3, 0.4) is 0 Å². The maximum atomic E-state index is 14.9. The summed E-state index contributed by atoms with van der Waals surface area (Å²) in [4.78, 5) is 19.5. The standard InChI is InChI=1S/C33H42F2N4O6/c1-20-9-7-8-14-43-33(6)10-12-38(13-11-33)30-28(29(31(40)41)45-32(3,4)5)21(2)36-27-17-23(37-39(27)30)18-42-19-24-25(35)15-22(34)16-26(24)44-20/h7-8,15-17,20,29H,9-14,18-19H2,1-6H3,(H,40,41)/b8-7-/t20-,29-/m0/s1. The van der Waals surface area contributed by atoms with Crippen molar-refractivity contribution < 1.29 is 37.6 Å². The van der Waals surface area contributed by atoms with Gasteiger partial charge in [0.05, 0.1) is 53.9 Å². The number of piperidine rings is 1. The molecule has 0 saturated carbocycles. The van der Waals surface area contributed by atoms with E-state index in [1.54, 1.807) is 17.5 Å². The van der Waals surface area contributed by atoms with Crippen LogP contribution in [0.15, 0.2) is 30.4 Å². The van der Waals surface area contributed by atoms with Crippen LogP contribution >= 0.6 is 0 Å². The van der Waals surface area contributed by atoms with E-state index >= 15 is 0 Å². The van der Waals surface area contributed by atoms with E-state index in [0.29, 0.717) is 67.4 Å². The van der Waals surface area contributed by atoms with Gasteiger partial charge in [-0.15, -0.1) is 0 Å². The van der Waals surface area contributed by atoms with Gasteiger partial charge in [-0.25, -0.2) is 18.6 Å². The lowest BCUT2D eigenvalue weighted by molar-refractivity contribution is -0.160. The van der Waals surface area contributed by atoms with Gasteiger partial charge in [0.1, 0.15) is 23.2 Å². The second kappa shape index (κ2) is 13.0. The van der Waals surface area contributed by atoms with Crippen LogP contribution < -0.4 is 9.64 Å². The van der Waals surface area contributed by atoms with E-state index in [-0.39, 0.29) is 30.6 Å². The molecule has 0 spiro atoms. The van der Waals surface area contributed by atoms with Crippen LogP contribution in [-0.2, 0) is 32.2 Å². The molecule has 3 aliphatic heterocycles. The van der Waals surface area contributed by atoms with Crippen molar-refractivity contribution in [2.24, 2.45) is 0 Å². The third kappa shape index (κ3) is 7.62. The summed E-state index contributed by atoms with van der Waals surface area (Å²) in [7, 11) is 0. The third-order valence-electron chi connectivity index (χ3n) is 8.04. The second-order valence-corrected chi connectivity index (χ2v) is 13.0. The van der Waals surface area contributed by atoms with Crippen LogP contribution in [0, 0.1) is 18.6 Å². The molecule has 3 aromatic rings. The number of ether oxygens (including phenoxy) is 4. The van der Waals surface area contributed by atoms with Gasteiger partial charge in [-0.3, -0.25) is 0 Å². The van der Waals surface area contributed by atoms with Gasteiger partial charge in [0.25, 0.3) is 0 Å². The molecule has 1 N–H and O–H groups in total. The highest BCUT2D eigenvalue weighted by Gasteiger charge is 2.37. The van der Waals surface area contributed by atoms with Crippen molar-refractivity contribution in [3.8, 4) is 5.75 Å². The fraction of sp³-hybridized carbons (Fsp3) is 0.545. The molecule has 2 aromatic heterocycles. The summed E-state index contributed by atoms with van der Waals surface area (Å²) in [6, 6.07) is 3.72. The summed E-state index contributed by atoms with van der Waals surface area (Å²) >= 11 is 0. The van der Waals surface area contributed by atoms with E-state index in [1.807, 2.05) is 39.8 Å². The Labute approximate surface area is 261 Å². The Morgan fingerprint density at radius 1 is 1.16 bits per heavy atom. The lowest BCUT2D eigenvalue weighted by Gasteiger charge is -2.41. The van der Waals surface area contributed by atoms with Gasteiger partial charge in [-0.05, 0) is 54.4 Å². The number of carboxylic acids is 1. The molecule has 10 nitrogen and oxygen atoms in total. The minimum absolute atomic E-state index is 0.00150. The first-order chi connectivity index (χ1) is 21.2. The summed E-state index contributed by atoms with van der Waals surface area (Å²) in [6.07, 6.45) is 4.14. The van der Waals surface area contributed by atoms with Gasteiger partial charge in [0, 0.05) is 43.4 Å². The Hall–Kier alpha value is -3.61. The Morgan fingerprint density at radius 3 is 2.58 bits per heavy atom. The summed E-state index contributed by atoms with van der Waals surface area (Å²) in [5.41, 5.74) is 0.925. The second-order valence-electron chi connectivity index (χ2n) is 13.0. The number of carboxylic acid groups (broad SMARTS) is 1. The van der Waals surface area contributed by atoms with Gasteiger partial charge in [0.15, 0.2) is 11.8 Å². The predicted molar refractivity (Wildman–Crippen MR) is 163 cm³/mol. The largest absolute Gasteiger partial charge is 0.490 e. The highest BCUT2D eigenvalue weighted by molar-refractivity contribution is 5.78. The number of anilines is 1. The molecule has 6 rings (SSSR count). The van der Waals surface area contributed by atoms with Crippen molar-refractivity contribution in [2.45, 2.75) is 97.4 Å². The van der Waals surface area contributed by atoms with E-state index in [4.69, 9.17) is 29.0 Å². The monoisotopic (exact) mass is 628 g/mol. The number of halogens is 2. The zero-order chi connectivity index (χ0) is 32.5. The molecule has 4 bridgehead atoms. The number of aryl methyl sites for hydroxylation is 1. The number of nitrogens with zero attached hydrogens (tertiary/aromatic N) is 4. The number of hydrogen-bond acceptors (Lipinski definition) is 8. The highest BCUT2D eigenvalue weighted by atomic mass is 19.1. The van der Waals surface area contributed by atoms with Gasteiger partial charge in [-0.2, -0.15) is 9.61 Å². The molecule has 12 heteroatoms. The topological polar surface area (TPSA) is 108 Å². The fourth-order valence-corrected chi connectivity index (χ4v) is 5.72. The van der Waals surface area contributed by atoms with Gasteiger partial charge in [-0.1, -0.05) is 12.2 Å². The molecule has 0 unspecified atom stereocenters. The van der Waals surface area contributed by atoms with E-state index in [9.17, 15) is 18.7 Å². The number of carbonyl (C=O) groups is 1. The molecule has 5 heterocycles. The number of benzene rings is 1. The van der Waals surface area contributed by atoms with Crippen molar-refractivity contribution in [1.29, 1.82) is 0 Å². The number of aliphatic carboxylic acids is 1. The zero-order valence-corrected chi connectivity index (χ0v) is 26.7. The maximum Gasteiger partial charge on any atom is 0.337 e. The summed E-state index contributed by atoms with van der Waals surface area (Å²) in [5.74, 6) is -1.97. The first-order valence-electron chi connectivity index (χ1n) is 15.3.